The molecular formula is C24H29NO6. The number of hydrogen-bond acceptors (Lipinski definition) is 5. The van der Waals surface area contributed by atoms with Crippen LogP contribution in [0.1, 0.15) is 48.2 Å². The normalized spacial score (nSPS) is 17.9. The van der Waals surface area contributed by atoms with Crippen LogP contribution in [0.3, 0.4) is 0 Å². The number of aliphatic carboxylic acids is 1. The molecule has 0 spiro atoms. The number of ether oxygens (including phenoxy) is 3. The van der Waals surface area contributed by atoms with Crippen molar-refractivity contribution in [2.75, 3.05) is 19.8 Å². The molecule has 7 nitrogen and oxygen atoms in total. The van der Waals surface area contributed by atoms with E-state index >= 15 is 0 Å². The van der Waals surface area contributed by atoms with Gasteiger partial charge in [0, 0.05) is 30.7 Å². The molecule has 2 aromatic rings. The Morgan fingerprint density at radius 1 is 1.10 bits per heavy atom. The first-order chi connectivity index (χ1) is 15.0. The fourth-order valence-corrected chi connectivity index (χ4v) is 3.73. The van der Waals surface area contributed by atoms with E-state index in [0.29, 0.717) is 43.3 Å². The largest absolute Gasteiger partial charge is 0.494 e. The van der Waals surface area contributed by atoms with E-state index in [0.717, 1.165) is 17.5 Å². The predicted octanol–water partition coefficient (Wildman–Crippen LogP) is 3.59. The van der Waals surface area contributed by atoms with Crippen molar-refractivity contribution in [3.8, 4) is 11.5 Å². The second-order valence-corrected chi connectivity index (χ2v) is 7.44. The first kappa shape index (κ1) is 22.6. The van der Waals surface area contributed by atoms with Crippen molar-refractivity contribution in [1.82, 2.24) is 5.32 Å². The van der Waals surface area contributed by atoms with Crippen LogP contribution in [0.25, 0.3) is 0 Å². The van der Waals surface area contributed by atoms with Crippen molar-refractivity contribution in [2.45, 2.75) is 45.3 Å². The number of carbonyl (C=O) groups excluding carboxylic acids is 1. The number of amides is 1. The van der Waals surface area contributed by atoms with Crippen LogP contribution in [0.5, 0.6) is 11.5 Å². The van der Waals surface area contributed by atoms with Gasteiger partial charge in [-0.25, -0.2) is 4.79 Å². The zero-order valence-corrected chi connectivity index (χ0v) is 18.0. The van der Waals surface area contributed by atoms with E-state index in [4.69, 9.17) is 14.2 Å². The topological polar surface area (TPSA) is 94.1 Å². The highest BCUT2D eigenvalue weighted by Gasteiger charge is 2.43. The number of carboxylic acids is 1. The van der Waals surface area contributed by atoms with Crippen molar-refractivity contribution in [1.29, 1.82) is 0 Å². The van der Waals surface area contributed by atoms with Gasteiger partial charge in [0.25, 0.3) is 5.91 Å². The van der Waals surface area contributed by atoms with Crippen LogP contribution >= 0.6 is 0 Å². The Balaban J connectivity index is 1.73. The lowest BCUT2D eigenvalue weighted by atomic mass is 9.91. The van der Waals surface area contributed by atoms with Gasteiger partial charge in [0.1, 0.15) is 11.5 Å². The SMILES string of the molecule is CCOc1ccc(C(=O)NCc2cc(C[C@@]3(C(=O)O)CCCO3)ccc2OCC)cc1. The van der Waals surface area contributed by atoms with Crippen LogP contribution < -0.4 is 14.8 Å². The number of hydrogen-bond donors (Lipinski definition) is 2. The number of benzene rings is 2. The fourth-order valence-electron chi connectivity index (χ4n) is 3.73. The van der Waals surface area contributed by atoms with E-state index in [-0.39, 0.29) is 18.9 Å². The van der Waals surface area contributed by atoms with Crippen molar-refractivity contribution in [3.63, 3.8) is 0 Å². The molecule has 1 aliphatic heterocycles. The summed E-state index contributed by atoms with van der Waals surface area (Å²) in [5.41, 5.74) is 0.965. The van der Waals surface area contributed by atoms with Gasteiger partial charge in [-0.3, -0.25) is 4.79 Å². The Kier molecular flexibility index (Phi) is 7.52. The molecule has 0 bridgehead atoms. The van der Waals surface area contributed by atoms with E-state index in [1.165, 1.54) is 0 Å². The van der Waals surface area contributed by atoms with E-state index in [2.05, 4.69) is 5.32 Å². The van der Waals surface area contributed by atoms with Crippen molar-refractivity contribution >= 4 is 11.9 Å². The number of carbonyl (C=O) groups is 2. The summed E-state index contributed by atoms with van der Waals surface area (Å²) >= 11 is 0. The molecule has 1 fully saturated rings. The second kappa shape index (κ2) is 10.3. The van der Waals surface area contributed by atoms with Crippen molar-refractivity contribution in [2.24, 2.45) is 0 Å². The summed E-state index contributed by atoms with van der Waals surface area (Å²) in [7, 11) is 0. The Morgan fingerprint density at radius 3 is 2.45 bits per heavy atom. The first-order valence-electron chi connectivity index (χ1n) is 10.6. The van der Waals surface area contributed by atoms with Crippen LogP contribution in [0.4, 0.5) is 0 Å². The quantitative estimate of drug-likeness (QED) is 0.602. The molecule has 2 N–H and O–H groups in total. The Labute approximate surface area is 182 Å². The predicted molar refractivity (Wildman–Crippen MR) is 116 cm³/mol. The van der Waals surface area contributed by atoms with Gasteiger partial charge in [-0.1, -0.05) is 12.1 Å². The number of carboxylic acid groups (broad SMARTS) is 1. The molecular weight excluding hydrogens is 398 g/mol. The summed E-state index contributed by atoms with van der Waals surface area (Å²) in [6, 6.07) is 12.5. The molecule has 1 atom stereocenters. The van der Waals surface area contributed by atoms with Gasteiger partial charge >= 0.3 is 5.97 Å². The maximum atomic E-state index is 12.6. The summed E-state index contributed by atoms with van der Waals surface area (Å²) in [5.74, 6) is 0.225. The lowest BCUT2D eigenvalue weighted by Crippen LogP contribution is -2.40. The minimum absolute atomic E-state index is 0.211. The van der Waals surface area contributed by atoms with Crippen LogP contribution in [-0.2, 0) is 22.5 Å². The maximum Gasteiger partial charge on any atom is 0.336 e. The van der Waals surface area contributed by atoms with Crippen LogP contribution in [0, 0.1) is 0 Å². The molecule has 0 saturated carbocycles. The average molecular weight is 427 g/mol. The third kappa shape index (κ3) is 5.55. The standard InChI is InChI=1S/C24H29NO6/c1-3-29-20-9-7-18(8-10-20)22(26)25-16-19-14-17(6-11-21(19)30-4-2)15-24(23(27)28)12-5-13-31-24/h6-11,14H,3-5,12-13,15-16H2,1-2H3,(H,25,26)(H,27,28)/t24-/m1/s1. The van der Waals surface area contributed by atoms with Crippen molar-refractivity contribution < 1.29 is 28.9 Å². The van der Waals surface area contributed by atoms with Gasteiger partial charge in [0.2, 0.25) is 0 Å². The Morgan fingerprint density at radius 2 is 1.84 bits per heavy atom. The molecule has 166 valence electrons. The zero-order chi connectivity index (χ0) is 22.3. The third-order valence-corrected chi connectivity index (χ3v) is 5.27. The highest BCUT2D eigenvalue weighted by Crippen LogP contribution is 2.31. The van der Waals surface area contributed by atoms with Gasteiger partial charge in [-0.15, -0.1) is 0 Å². The summed E-state index contributed by atoms with van der Waals surface area (Å²) in [5, 5.41) is 12.6. The molecule has 0 unspecified atom stereocenters. The van der Waals surface area contributed by atoms with Gasteiger partial charge < -0.3 is 24.6 Å². The second-order valence-electron chi connectivity index (χ2n) is 7.44. The highest BCUT2D eigenvalue weighted by molar-refractivity contribution is 5.94. The van der Waals surface area contributed by atoms with Crippen LogP contribution in [0.15, 0.2) is 42.5 Å². The summed E-state index contributed by atoms with van der Waals surface area (Å²) in [4.78, 5) is 24.4. The summed E-state index contributed by atoms with van der Waals surface area (Å²) in [6.45, 7) is 5.56. The minimum Gasteiger partial charge on any atom is -0.494 e. The van der Waals surface area contributed by atoms with E-state index in [1.54, 1.807) is 24.3 Å². The summed E-state index contributed by atoms with van der Waals surface area (Å²) < 4.78 is 16.7. The molecule has 31 heavy (non-hydrogen) atoms. The van der Waals surface area contributed by atoms with E-state index < -0.39 is 11.6 Å². The van der Waals surface area contributed by atoms with Gasteiger partial charge in [0.15, 0.2) is 5.60 Å². The molecule has 1 heterocycles. The maximum absolute atomic E-state index is 12.6. The van der Waals surface area contributed by atoms with Crippen LogP contribution in [-0.4, -0.2) is 42.4 Å². The molecule has 1 saturated heterocycles. The van der Waals surface area contributed by atoms with Gasteiger partial charge in [-0.2, -0.15) is 0 Å². The zero-order valence-electron chi connectivity index (χ0n) is 18.0. The van der Waals surface area contributed by atoms with E-state index in [9.17, 15) is 14.7 Å². The Bertz CT molecular complexity index is 903. The third-order valence-electron chi connectivity index (χ3n) is 5.27. The van der Waals surface area contributed by atoms with Gasteiger partial charge in [-0.05, 0) is 62.6 Å². The molecule has 3 rings (SSSR count). The monoisotopic (exact) mass is 427 g/mol. The molecule has 1 amide bonds. The first-order valence-corrected chi connectivity index (χ1v) is 10.6. The molecule has 0 aromatic heterocycles. The lowest BCUT2D eigenvalue weighted by molar-refractivity contribution is -0.159. The molecule has 1 aliphatic rings. The number of nitrogens with one attached hydrogen (secondary N) is 1. The molecule has 0 radical (unpaired) electrons. The van der Waals surface area contributed by atoms with Crippen molar-refractivity contribution in [3.05, 3.63) is 59.2 Å². The molecule has 2 aromatic carbocycles. The number of rotatable bonds is 10. The molecule has 0 aliphatic carbocycles. The van der Waals surface area contributed by atoms with Crippen LogP contribution in [0.2, 0.25) is 0 Å². The Hall–Kier alpha value is -3.06. The van der Waals surface area contributed by atoms with E-state index in [1.807, 2.05) is 32.0 Å². The lowest BCUT2D eigenvalue weighted by Gasteiger charge is -2.24. The molecule has 7 heteroatoms. The smallest absolute Gasteiger partial charge is 0.336 e. The minimum atomic E-state index is -1.18. The van der Waals surface area contributed by atoms with Gasteiger partial charge in [0.05, 0.1) is 13.2 Å². The highest BCUT2D eigenvalue weighted by atomic mass is 16.5. The summed E-state index contributed by atoms with van der Waals surface area (Å²) in [6.07, 6.45) is 1.49. The average Bonchev–Trinajstić information content (AvgIpc) is 3.24. The fraction of sp³-hybridized carbons (Fsp3) is 0.417.